The molecule has 102 valence electrons. The van der Waals surface area contributed by atoms with Crippen molar-refractivity contribution in [3.63, 3.8) is 0 Å². The van der Waals surface area contributed by atoms with Gasteiger partial charge in [-0.05, 0) is 37.7 Å². The van der Waals surface area contributed by atoms with Crippen LogP contribution in [-0.4, -0.2) is 22.5 Å². The van der Waals surface area contributed by atoms with E-state index in [4.69, 9.17) is 4.98 Å². The number of fused-ring (bicyclic) bond motifs is 1. The Morgan fingerprint density at radius 1 is 1.32 bits per heavy atom. The lowest BCUT2D eigenvalue weighted by Crippen LogP contribution is -2.34. The zero-order valence-electron chi connectivity index (χ0n) is 11.5. The molecule has 0 bridgehead atoms. The normalized spacial score (nSPS) is 23.7. The fourth-order valence-electron chi connectivity index (χ4n) is 2.85. The van der Waals surface area contributed by atoms with Gasteiger partial charge in [0, 0.05) is 11.3 Å². The van der Waals surface area contributed by atoms with Gasteiger partial charge in [-0.25, -0.2) is 4.98 Å². The Kier molecular flexibility index (Phi) is 3.99. The maximum atomic E-state index is 4.77. The van der Waals surface area contributed by atoms with Crippen molar-refractivity contribution in [1.29, 1.82) is 0 Å². The fourth-order valence-corrected chi connectivity index (χ4v) is 4.79. The van der Waals surface area contributed by atoms with Crippen LogP contribution in [0.25, 0.3) is 10.2 Å². The lowest BCUT2D eigenvalue weighted by Gasteiger charge is -2.30. The number of thioether (sulfide) groups is 1. The van der Waals surface area contributed by atoms with Gasteiger partial charge in [0.2, 0.25) is 0 Å². The van der Waals surface area contributed by atoms with E-state index in [-0.39, 0.29) is 0 Å². The van der Waals surface area contributed by atoms with Crippen molar-refractivity contribution in [3.8, 4) is 0 Å². The van der Waals surface area contributed by atoms with E-state index in [1.54, 1.807) is 11.3 Å². The maximum absolute atomic E-state index is 4.77. The summed E-state index contributed by atoms with van der Waals surface area (Å²) in [5, 5.41) is 5.52. The average molecular weight is 292 g/mol. The highest BCUT2D eigenvalue weighted by atomic mass is 32.2. The van der Waals surface area contributed by atoms with Crippen molar-refractivity contribution in [2.75, 3.05) is 11.6 Å². The number of hydrogen-bond donors (Lipinski definition) is 1. The Balaban J connectivity index is 1.82. The van der Waals surface area contributed by atoms with E-state index in [9.17, 15) is 0 Å². The molecule has 1 aliphatic rings. The average Bonchev–Trinajstić information content (AvgIpc) is 2.83. The number of nitrogens with zero attached hydrogens (tertiary/aromatic N) is 1. The predicted octanol–water partition coefficient (Wildman–Crippen LogP) is 4.69. The molecule has 0 amide bonds. The molecule has 2 nitrogen and oxygen atoms in total. The second-order valence-corrected chi connectivity index (χ2v) is 7.36. The zero-order valence-corrected chi connectivity index (χ0v) is 13.1. The van der Waals surface area contributed by atoms with Crippen molar-refractivity contribution in [3.05, 3.63) is 23.8 Å². The Bertz CT molecular complexity index is 564. The number of rotatable bonds is 3. The lowest BCUT2D eigenvalue weighted by molar-refractivity contribution is 0.475. The molecule has 4 heteroatoms. The zero-order chi connectivity index (χ0) is 13.2. The van der Waals surface area contributed by atoms with Crippen molar-refractivity contribution in [1.82, 2.24) is 4.98 Å². The number of aromatic nitrogens is 1. The molecule has 1 heterocycles. The van der Waals surface area contributed by atoms with E-state index in [0.29, 0.717) is 6.04 Å². The van der Waals surface area contributed by atoms with Crippen LogP contribution in [0.3, 0.4) is 0 Å². The second kappa shape index (κ2) is 5.71. The van der Waals surface area contributed by atoms with Gasteiger partial charge in [-0.15, -0.1) is 0 Å². The summed E-state index contributed by atoms with van der Waals surface area (Å²) in [5.74, 6) is 0. The Morgan fingerprint density at radius 3 is 2.95 bits per heavy atom. The highest BCUT2D eigenvalue weighted by Crippen LogP contribution is 2.33. The van der Waals surface area contributed by atoms with E-state index >= 15 is 0 Å². The highest BCUT2D eigenvalue weighted by molar-refractivity contribution is 7.99. The van der Waals surface area contributed by atoms with Crippen molar-refractivity contribution in [2.24, 2.45) is 0 Å². The van der Waals surface area contributed by atoms with E-state index in [0.717, 1.165) is 15.9 Å². The van der Waals surface area contributed by atoms with Crippen LogP contribution in [-0.2, 0) is 0 Å². The topological polar surface area (TPSA) is 24.9 Å². The second-order valence-electron chi connectivity index (χ2n) is 5.25. The molecule has 19 heavy (non-hydrogen) atoms. The summed E-state index contributed by atoms with van der Waals surface area (Å²) < 4.78 is 1.29. The first-order chi connectivity index (χ1) is 9.28. The molecule has 1 aromatic heterocycles. The van der Waals surface area contributed by atoms with E-state index < -0.39 is 0 Å². The van der Waals surface area contributed by atoms with Gasteiger partial charge in [-0.3, -0.25) is 0 Å². The summed E-state index contributed by atoms with van der Waals surface area (Å²) in [5.41, 5.74) is 2.43. The molecule has 0 radical (unpaired) electrons. The van der Waals surface area contributed by atoms with Gasteiger partial charge in [-0.1, -0.05) is 36.3 Å². The number of hydrogen-bond acceptors (Lipinski definition) is 4. The quantitative estimate of drug-likeness (QED) is 0.888. The molecule has 2 unspecified atom stereocenters. The molecule has 1 aliphatic carbocycles. The Hall–Kier alpha value is -0.740. The molecular formula is C15H20N2S2. The minimum atomic E-state index is 0.588. The number of para-hydroxylation sites is 1. The van der Waals surface area contributed by atoms with Crippen LogP contribution >= 0.6 is 23.1 Å². The number of nitrogens with one attached hydrogen (secondary N) is 1. The molecule has 2 aromatic rings. The molecule has 0 aliphatic heterocycles. The molecule has 1 saturated carbocycles. The van der Waals surface area contributed by atoms with Crippen molar-refractivity contribution >= 4 is 38.4 Å². The largest absolute Gasteiger partial charge is 0.358 e. The minimum absolute atomic E-state index is 0.588. The summed E-state index contributed by atoms with van der Waals surface area (Å²) in [4.78, 5) is 4.77. The van der Waals surface area contributed by atoms with Gasteiger partial charge in [0.15, 0.2) is 5.13 Å². The third-order valence-electron chi connectivity index (χ3n) is 3.93. The Morgan fingerprint density at radius 2 is 2.16 bits per heavy atom. The van der Waals surface area contributed by atoms with E-state index in [1.807, 2.05) is 11.8 Å². The fraction of sp³-hybridized carbons (Fsp3) is 0.533. The molecule has 1 aromatic carbocycles. The van der Waals surface area contributed by atoms with Crippen LogP contribution in [0.1, 0.15) is 31.2 Å². The number of aryl methyl sites for hydroxylation is 1. The molecule has 0 saturated heterocycles. The summed E-state index contributed by atoms with van der Waals surface area (Å²) in [6.45, 7) is 2.14. The molecule has 3 rings (SSSR count). The van der Waals surface area contributed by atoms with E-state index in [1.165, 1.54) is 35.9 Å². The number of benzene rings is 1. The van der Waals surface area contributed by atoms with Gasteiger partial charge in [-0.2, -0.15) is 11.8 Å². The first kappa shape index (κ1) is 13.3. The smallest absolute Gasteiger partial charge is 0.184 e. The van der Waals surface area contributed by atoms with Crippen LogP contribution in [0.2, 0.25) is 0 Å². The summed E-state index contributed by atoms with van der Waals surface area (Å²) >= 11 is 3.78. The predicted molar refractivity (Wildman–Crippen MR) is 87.5 cm³/mol. The lowest BCUT2D eigenvalue weighted by atomic mass is 9.95. The SMILES string of the molecule is CSC1CCCCC1Nc1nc2c(C)cccc2s1. The number of anilines is 1. The third-order valence-corrected chi connectivity index (χ3v) is 6.06. The van der Waals surface area contributed by atoms with Gasteiger partial charge in [0.25, 0.3) is 0 Å². The summed E-state index contributed by atoms with van der Waals surface area (Å²) in [6.07, 6.45) is 7.57. The van der Waals surface area contributed by atoms with Gasteiger partial charge < -0.3 is 5.32 Å². The van der Waals surface area contributed by atoms with Crippen molar-refractivity contribution in [2.45, 2.75) is 43.9 Å². The van der Waals surface area contributed by atoms with Gasteiger partial charge in [0.1, 0.15) is 0 Å². The minimum Gasteiger partial charge on any atom is -0.358 e. The molecule has 0 spiro atoms. The summed E-state index contributed by atoms with van der Waals surface area (Å²) in [7, 11) is 0. The highest BCUT2D eigenvalue weighted by Gasteiger charge is 2.25. The van der Waals surface area contributed by atoms with Crippen molar-refractivity contribution < 1.29 is 0 Å². The first-order valence-electron chi connectivity index (χ1n) is 6.93. The first-order valence-corrected chi connectivity index (χ1v) is 9.04. The van der Waals surface area contributed by atoms with Crippen LogP contribution < -0.4 is 5.32 Å². The standard InChI is InChI=1S/C15H20N2S2/c1-10-6-5-9-13-14(10)17-15(19-13)16-11-7-3-4-8-12(11)18-2/h5-6,9,11-12H,3-4,7-8H2,1-2H3,(H,16,17). The van der Waals surface area contributed by atoms with E-state index in [2.05, 4.69) is 36.7 Å². The maximum Gasteiger partial charge on any atom is 0.184 e. The van der Waals surface area contributed by atoms with Gasteiger partial charge >= 0.3 is 0 Å². The molecule has 1 N–H and O–H groups in total. The summed E-state index contributed by atoms with van der Waals surface area (Å²) in [6, 6.07) is 7.00. The molecule has 1 fully saturated rings. The monoisotopic (exact) mass is 292 g/mol. The van der Waals surface area contributed by atoms with Gasteiger partial charge in [0.05, 0.1) is 10.2 Å². The Labute approximate surface area is 123 Å². The van der Waals surface area contributed by atoms with Crippen LogP contribution in [0.5, 0.6) is 0 Å². The third kappa shape index (κ3) is 2.75. The van der Waals surface area contributed by atoms with Crippen LogP contribution in [0.15, 0.2) is 18.2 Å². The van der Waals surface area contributed by atoms with Crippen LogP contribution in [0, 0.1) is 6.92 Å². The molecular weight excluding hydrogens is 272 g/mol. The molecule has 2 atom stereocenters. The number of thiazole rings is 1. The van der Waals surface area contributed by atoms with Crippen LogP contribution in [0.4, 0.5) is 5.13 Å².